The Balaban J connectivity index is 2.03. The van der Waals surface area contributed by atoms with Crippen LogP contribution in [-0.4, -0.2) is 27.8 Å². The molecule has 0 aliphatic carbocycles. The molecule has 3 rings (SSSR count). The van der Waals surface area contributed by atoms with Crippen molar-refractivity contribution in [3.63, 3.8) is 0 Å². The van der Waals surface area contributed by atoms with E-state index in [1.54, 1.807) is 6.20 Å². The first-order valence-corrected chi connectivity index (χ1v) is 6.84. The summed E-state index contributed by atoms with van der Waals surface area (Å²) >= 11 is 0. The standard InChI is InChI=1S/C16H17N3O2/c1-10(2)19-9-12(7-18-19)11-4-5-13-14(16(20)21-3)8-17-15(13)6-11/h4-10,17H,1-3H3. The van der Waals surface area contributed by atoms with Crippen molar-refractivity contribution in [1.82, 2.24) is 14.8 Å². The Labute approximate surface area is 122 Å². The first-order valence-electron chi connectivity index (χ1n) is 6.84. The summed E-state index contributed by atoms with van der Waals surface area (Å²) in [6.45, 7) is 4.18. The molecular weight excluding hydrogens is 266 g/mol. The number of aromatic nitrogens is 3. The fourth-order valence-electron chi connectivity index (χ4n) is 2.35. The van der Waals surface area contributed by atoms with E-state index in [1.165, 1.54) is 7.11 Å². The molecule has 1 aromatic carbocycles. The number of rotatable bonds is 3. The summed E-state index contributed by atoms with van der Waals surface area (Å²) < 4.78 is 6.70. The number of fused-ring (bicyclic) bond motifs is 1. The van der Waals surface area contributed by atoms with Crippen LogP contribution in [0.15, 0.2) is 36.8 Å². The van der Waals surface area contributed by atoms with Crippen LogP contribution in [0.2, 0.25) is 0 Å². The summed E-state index contributed by atoms with van der Waals surface area (Å²) in [5.74, 6) is -0.332. The van der Waals surface area contributed by atoms with Crippen molar-refractivity contribution in [3.8, 4) is 11.1 Å². The Morgan fingerprint density at radius 3 is 2.81 bits per heavy atom. The molecule has 0 aliphatic rings. The van der Waals surface area contributed by atoms with E-state index in [9.17, 15) is 4.79 Å². The monoisotopic (exact) mass is 283 g/mol. The first kappa shape index (κ1) is 13.4. The van der Waals surface area contributed by atoms with E-state index in [0.29, 0.717) is 11.6 Å². The number of nitrogens with one attached hydrogen (secondary N) is 1. The molecule has 0 aliphatic heterocycles. The van der Waals surface area contributed by atoms with Gasteiger partial charge in [-0.15, -0.1) is 0 Å². The summed E-state index contributed by atoms with van der Waals surface area (Å²) in [7, 11) is 1.38. The van der Waals surface area contributed by atoms with Gasteiger partial charge in [-0.2, -0.15) is 5.10 Å². The Hall–Kier alpha value is -2.56. The van der Waals surface area contributed by atoms with E-state index < -0.39 is 0 Å². The second-order valence-corrected chi connectivity index (χ2v) is 5.26. The lowest BCUT2D eigenvalue weighted by atomic mass is 10.1. The number of esters is 1. The molecular formula is C16H17N3O2. The van der Waals surface area contributed by atoms with Gasteiger partial charge >= 0.3 is 5.97 Å². The minimum atomic E-state index is -0.332. The topological polar surface area (TPSA) is 59.9 Å². The van der Waals surface area contributed by atoms with Gasteiger partial charge in [-0.05, 0) is 25.5 Å². The number of carbonyl (C=O) groups excluding carboxylic acids is 1. The number of methoxy groups -OCH3 is 1. The molecule has 5 heteroatoms. The molecule has 0 spiro atoms. The molecule has 21 heavy (non-hydrogen) atoms. The van der Waals surface area contributed by atoms with Crippen LogP contribution >= 0.6 is 0 Å². The Morgan fingerprint density at radius 1 is 1.33 bits per heavy atom. The van der Waals surface area contributed by atoms with Gasteiger partial charge in [0, 0.05) is 34.9 Å². The van der Waals surface area contributed by atoms with Gasteiger partial charge < -0.3 is 9.72 Å². The highest BCUT2D eigenvalue weighted by Gasteiger charge is 2.13. The SMILES string of the molecule is COC(=O)c1c[nH]c2cc(-c3cnn(C(C)C)c3)ccc12. The lowest BCUT2D eigenvalue weighted by Crippen LogP contribution is -1.99. The van der Waals surface area contributed by atoms with Crippen LogP contribution in [0.1, 0.15) is 30.2 Å². The van der Waals surface area contributed by atoms with Crippen molar-refractivity contribution in [1.29, 1.82) is 0 Å². The highest BCUT2D eigenvalue weighted by atomic mass is 16.5. The van der Waals surface area contributed by atoms with Crippen molar-refractivity contribution < 1.29 is 9.53 Å². The number of hydrogen-bond acceptors (Lipinski definition) is 3. The molecule has 5 nitrogen and oxygen atoms in total. The van der Waals surface area contributed by atoms with Crippen LogP contribution in [0, 0.1) is 0 Å². The second-order valence-electron chi connectivity index (χ2n) is 5.26. The predicted molar refractivity (Wildman–Crippen MR) is 81.2 cm³/mol. The summed E-state index contributed by atoms with van der Waals surface area (Å²) in [6.07, 6.45) is 5.55. The normalized spacial score (nSPS) is 11.2. The van der Waals surface area contributed by atoms with Crippen LogP contribution < -0.4 is 0 Å². The molecule has 2 aromatic heterocycles. The van der Waals surface area contributed by atoms with Crippen molar-refractivity contribution >= 4 is 16.9 Å². The van der Waals surface area contributed by atoms with Crippen molar-refractivity contribution in [2.75, 3.05) is 7.11 Å². The van der Waals surface area contributed by atoms with Crippen LogP contribution in [0.25, 0.3) is 22.0 Å². The summed E-state index contributed by atoms with van der Waals surface area (Å²) in [4.78, 5) is 14.8. The maximum Gasteiger partial charge on any atom is 0.340 e. The quantitative estimate of drug-likeness (QED) is 0.749. The van der Waals surface area contributed by atoms with E-state index in [-0.39, 0.29) is 5.97 Å². The number of hydrogen-bond donors (Lipinski definition) is 1. The van der Waals surface area contributed by atoms with Gasteiger partial charge in [0.1, 0.15) is 0 Å². The van der Waals surface area contributed by atoms with E-state index >= 15 is 0 Å². The van der Waals surface area contributed by atoms with E-state index in [0.717, 1.165) is 22.0 Å². The largest absolute Gasteiger partial charge is 0.465 e. The Kier molecular flexibility index (Phi) is 3.25. The van der Waals surface area contributed by atoms with E-state index in [1.807, 2.05) is 35.3 Å². The average molecular weight is 283 g/mol. The van der Waals surface area contributed by atoms with Crippen LogP contribution in [0.5, 0.6) is 0 Å². The lowest BCUT2D eigenvalue weighted by Gasteiger charge is -2.03. The van der Waals surface area contributed by atoms with Gasteiger partial charge in [-0.3, -0.25) is 4.68 Å². The van der Waals surface area contributed by atoms with E-state index in [2.05, 4.69) is 23.9 Å². The van der Waals surface area contributed by atoms with Crippen molar-refractivity contribution in [2.45, 2.75) is 19.9 Å². The molecule has 0 saturated carbocycles. The predicted octanol–water partition coefficient (Wildman–Crippen LogP) is 3.40. The van der Waals surface area contributed by atoms with Gasteiger partial charge in [-0.25, -0.2) is 4.79 Å². The molecule has 0 atom stereocenters. The van der Waals surface area contributed by atoms with Gasteiger partial charge in [-0.1, -0.05) is 12.1 Å². The first-order chi connectivity index (χ1) is 10.1. The zero-order valence-electron chi connectivity index (χ0n) is 12.3. The Bertz CT molecular complexity index is 799. The minimum Gasteiger partial charge on any atom is -0.465 e. The number of nitrogens with zero attached hydrogens (tertiary/aromatic N) is 2. The molecule has 0 fully saturated rings. The fourth-order valence-corrected chi connectivity index (χ4v) is 2.35. The number of aromatic amines is 1. The summed E-state index contributed by atoms with van der Waals surface area (Å²) in [6, 6.07) is 6.27. The summed E-state index contributed by atoms with van der Waals surface area (Å²) in [5.41, 5.74) is 3.58. The van der Waals surface area contributed by atoms with Crippen molar-refractivity contribution in [3.05, 3.63) is 42.4 Å². The van der Waals surface area contributed by atoms with Crippen LogP contribution in [0.4, 0.5) is 0 Å². The van der Waals surface area contributed by atoms with Gasteiger partial charge in [0.2, 0.25) is 0 Å². The number of ether oxygens (including phenoxy) is 1. The smallest absolute Gasteiger partial charge is 0.340 e. The number of carbonyl (C=O) groups is 1. The highest BCUT2D eigenvalue weighted by Crippen LogP contribution is 2.26. The third-order valence-corrected chi connectivity index (χ3v) is 3.55. The zero-order valence-corrected chi connectivity index (χ0v) is 12.3. The molecule has 0 saturated heterocycles. The number of benzene rings is 1. The minimum absolute atomic E-state index is 0.332. The molecule has 0 bridgehead atoms. The van der Waals surface area contributed by atoms with E-state index in [4.69, 9.17) is 4.74 Å². The molecule has 108 valence electrons. The van der Waals surface area contributed by atoms with Crippen LogP contribution in [0.3, 0.4) is 0 Å². The van der Waals surface area contributed by atoms with Crippen molar-refractivity contribution in [2.24, 2.45) is 0 Å². The highest BCUT2D eigenvalue weighted by molar-refractivity contribution is 6.04. The molecule has 1 N–H and O–H groups in total. The molecule has 0 unspecified atom stereocenters. The zero-order chi connectivity index (χ0) is 15.0. The summed E-state index contributed by atoms with van der Waals surface area (Å²) in [5, 5.41) is 5.21. The third kappa shape index (κ3) is 2.31. The second kappa shape index (κ2) is 5.09. The van der Waals surface area contributed by atoms with Crippen LogP contribution in [-0.2, 0) is 4.74 Å². The molecule has 3 aromatic rings. The fraction of sp³-hybridized carbons (Fsp3) is 0.250. The Morgan fingerprint density at radius 2 is 2.14 bits per heavy atom. The maximum atomic E-state index is 11.7. The molecule has 0 amide bonds. The lowest BCUT2D eigenvalue weighted by molar-refractivity contribution is 0.0603. The van der Waals surface area contributed by atoms with Gasteiger partial charge in [0.05, 0.1) is 18.9 Å². The number of H-pyrrole nitrogens is 1. The third-order valence-electron chi connectivity index (χ3n) is 3.55. The molecule has 0 radical (unpaired) electrons. The van der Waals surface area contributed by atoms with Gasteiger partial charge in [0.15, 0.2) is 0 Å². The van der Waals surface area contributed by atoms with Gasteiger partial charge in [0.25, 0.3) is 0 Å². The molecule has 2 heterocycles. The average Bonchev–Trinajstić information content (AvgIpc) is 3.12. The maximum absolute atomic E-state index is 11.7.